The molecule has 0 radical (unpaired) electrons. The van der Waals surface area contributed by atoms with Crippen molar-refractivity contribution in [1.29, 1.82) is 0 Å². The molecule has 6 nitrogen and oxygen atoms in total. The van der Waals surface area contributed by atoms with Gasteiger partial charge in [-0.05, 0) is 49.2 Å². The molecule has 2 heterocycles. The molecule has 2 aromatic rings. The second-order valence-corrected chi connectivity index (χ2v) is 6.35. The van der Waals surface area contributed by atoms with Crippen LogP contribution in [0.5, 0.6) is 11.5 Å². The van der Waals surface area contributed by atoms with Crippen molar-refractivity contribution in [3.8, 4) is 11.5 Å². The van der Waals surface area contributed by atoms with Crippen LogP contribution in [0.25, 0.3) is 0 Å². The Morgan fingerprint density at radius 2 is 1.81 bits per heavy atom. The Morgan fingerprint density at radius 1 is 1.15 bits per heavy atom. The van der Waals surface area contributed by atoms with Gasteiger partial charge in [0.05, 0.1) is 25.8 Å². The summed E-state index contributed by atoms with van der Waals surface area (Å²) in [6.07, 6.45) is 5.96. The zero-order valence-corrected chi connectivity index (χ0v) is 15.1. The van der Waals surface area contributed by atoms with Crippen LogP contribution in [0.4, 0.5) is 0 Å². The third-order valence-electron chi connectivity index (χ3n) is 4.92. The average Bonchev–Trinajstić information content (AvgIpc) is 2.69. The Balaban J connectivity index is 2.18. The van der Waals surface area contributed by atoms with E-state index in [-0.39, 0.29) is 6.04 Å². The molecule has 1 fully saturated rings. The smallest absolute Gasteiger partial charge is 0.320 e. The molecular weight excluding hydrogens is 332 g/mol. The zero-order valence-electron chi connectivity index (χ0n) is 15.1. The first-order valence-electron chi connectivity index (χ1n) is 8.76. The first kappa shape index (κ1) is 18.2. The van der Waals surface area contributed by atoms with Crippen LogP contribution >= 0.6 is 0 Å². The number of methoxy groups -OCH3 is 2. The fourth-order valence-electron chi connectivity index (χ4n) is 3.75. The van der Waals surface area contributed by atoms with E-state index in [0.29, 0.717) is 24.5 Å². The molecule has 0 aliphatic carbocycles. The van der Waals surface area contributed by atoms with Crippen LogP contribution in [0.1, 0.15) is 36.4 Å². The van der Waals surface area contributed by atoms with E-state index in [1.165, 1.54) is 0 Å². The average molecular weight is 356 g/mol. The quantitative estimate of drug-likeness (QED) is 0.857. The van der Waals surface area contributed by atoms with Gasteiger partial charge in [-0.15, -0.1) is 0 Å². The summed E-state index contributed by atoms with van der Waals surface area (Å²) >= 11 is 0. The highest BCUT2D eigenvalue weighted by Gasteiger charge is 2.37. The highest BCUT2D eigenvalue weighted by molar-refractivity contribution is 5.74. The fraction of sp³-hybridized carbons (Fsp3) is 0.400. The number of benzene rings is 1. The maximum atomic E-state index is 11.9. The second-order valence-electron chi connectivity index (χ2n) is 6.35. The van der Waals surface area contributed by atoms with Gasteiger partial charge in [0.1, 0.15) is 17.5 Å². The summed E-state index contributed by atoms with van der Waals surface area (Å²) in [6, 6.07) is 8.64. The Labute approximate surface area is 153 Å². The van der Waals surface area contributed by atoms with Crippen LogP contribution in [0.2, 0.25) is 0 Å². The van der Waals surface area contributed by atoms with Gasteiger partial charge in [-0.1, -0.05) is 12.5 Å². The van der Waals surface area contributed by atoms with Crippen molar-refractivity contribution in [2.75, 3.05) is 20.8 Å². The van der Waals surface area contributed by atoms with Crippen LogP contribution in [0.3, 0.4) is 0 Å². The lowest BCUT2D eigenvalue weighted by molar-refractivity contribution is -0.145. The SMILES string of the molecule is COc1cccc(OC)c1C(c1ccncc1)N1CCCCC1C(=O)O. The highest BCUT2D eigenvalue weighted by Crippen LogP contribution is 2.42. The Bertz CT molecular complexity index is 728. The summed E-state index contributed by atoms with van der Waals surface area (Å²) < 4.78 is 11.2. The molecule has 2 unspecified atom stereocenters. The first-order chi connectivity index (χ1) is 12.7. The van der Waals surface area contributed by atoms with E-state index in [1.807, 2.05) is 35.2 Å². The number of likely N-dealkylation sites (tertiary alicyclic amines) is 1. The predicted octanol–water partition coefficient (Wildman–Crippen LogP) is 3.13. The van der Waals surface area contributed by atoms with Gasteiger partial charge in [-0.3, -0.25) is 14.7 Å². The molecule has 1 saturated heterocycles. The van der Waals surface area contributed by atoms with Crippen molar-refractivity contribution in [1.82, 2.24) is 9.88 Å². The minimum absolute atomic E-state index is 0.287. The van der Waals surface area contributed by atoms with Crippen LogP contribution in [0, 0.1) is 0 Å². The Morgan fingerprint density at radius 3 is 2.38 bits per heavy atom. The number of aromatic nitrogens is 1. The summed E-state index contributed by atoms with van der Waals surface area (Å²) in [5, 5.41) is 9.79. The van der Waals surface area contributed by atoms with Crippen LogP contribution in [0.15, 0.2) is 42.7 Å². The molecule has 1 aliphatic heterocycles. The van der Waals surface area contributed by atoms with E-state index in [2.05, 4.69) is 4.98 Å². The standard InChI is InChI=1S/C20H24N2O4/c1-25-16-7-5-8-17(26-2)18(16)19(14-9-11-21-12-10-14)22-13-4-3-6-15(22)20(23)24/h5,7-12,15,19H,3-4,6,13H2,1-2H3,(H,23,24). The largest absolute Gasteiger partial charge is 0.496 e. The van der Waals surface area contributed by atoms with Crippen LogP contribution in [-0.4, -0.2) is 47.8 Å². The van der Waals surface area contributed by atoms with Gasteiger partial charge < -0.3 is 14.6 Å². The van der Waals surface area contributed by atoms with Gasteiger partial charge in [0, 0.05) is 12.4 Å². The monoisotopic (exact) mass is 356 g/mol. The molecule has 1 aromatic carbocycles. The predicted molar refractivity (Wildman–Crippen MR) is 97.6 cm³/mol. The van der Waals surface area contributed by atoms with Gasteiger partial charge in [-0.25, -0.2) is 0 Å². The zero-order chi connectivity index (χ0) is 18.5. The van der Waals surface area contributed by atoms with Crippen molar-refractivity contribution in [2.45, 2.75) is 31.3 Å². The van der Waals surface area contributed by atoms with Crippen molar-refractivity contribution >= 4 is 5.97 Å². The number of carbonyl (C=O) groups is 1. The summed E-state index contributed by atoms with van der Waals surface area (Å²) in [7, 11) is 3.24. The van der Waals surface area contributed by atoms with Crippen LogP contribution < -0.4 is 9.47 Å². The van der Waals surface area contributed by atoms with Crippen molar-refractivity contribution in [3.63, 3.8) is 0 Å². The third kappa shape index (κ3) is 3.51. The van der Waals surface area contributed by atoms with Gasteiger partial charge in [0.15, 0.2) is 0 Å². The number of piperidine rings is 1. The summed E-state index contributed by atoms with van der Waals surface area (Å²) in [4.78, 5) is 18.1. The van der Waals surface area contributed by atoms with Crippen LogP contribution in [-0.2, 0) is 4.79 Å². The lowest BCUT2D eigenvalue weighted by Crippen LogP contribution is -2.47. The van der Waals surface area contributed by atoms with Crippen molar-refractivity contribution < 1.29 is 19.4 Å². The molecule has 3 rings (SSSR count). The second kappa shape index (κ2) is 8.19. The number of carboxylic acid groups (broad SMARTS) is 1. The molecule has 1 aliphatic rings. The van der Waals surface area contributed by atoms with Gasteiger partial charge in [0.2, 0.25) is 0 Å². The summed E-state index contributed by atoms with van der Waals surface area (Å²) in [5.41, 5.74) is 1.81. The minimum atomic E-state index is -0.794. The van der Waals surface area contributed by atoms with Gasteiger partial charge in [-0.2, -0.15) is 0 Å². The molecular formula is C20H24N2O4. The topological polar surface area (TPSA) is 71.9 Å². The maximum Gasteiger partial charge on any atom is 0.320 e. The minimum Gasteiger partial charge on any atom is -0.496 e. The molecule has 1 N–H and O–H groups in total. The van der Waals surface area contributed by atoms with E-state index >= 15 is 0 Å². The number of rotatable bonds is 6. The van der Waals surface area contributed by atoms with E-state index in [0.717, 1.165) is 24.0 Å². The van der Waals surface area contributed by atoms with Gasteiger partial charge >= 0.3 is 5.97 Å². The number of nitrogens with zero attached hydrogens (tertiary/aromatic N) is 2. The maximum absolute atomic E-state index is 11.9. The number of ether oxygens (including phenoxy) is 2. The number of pyridine rings is 1. The molecule has 26 heavy (non-hydrogen) atoms. The molecule has 0 amide bonds. The lowest BCUT2D eigenvalue weighted by atomic mass is 9.91. The molecule has 1 aromatic heterocycles. The molecule has 0 spiro atoms. The summed E-state index contributed by atoms with van der Waals surface area (Å²) in [5.74, 6) is 0.569. The van der Waals surface area contributed by atoms with Crippen molar-refractivity contribution in [2.24, 2.45) is 0 Å². The van der Waals surface area contributed by atoms with Crippen molar-refractivity contribution in [3.05, 3.63) is 53.9 Å². The van der Waals surface area contributed by atoms with E-state index in [4.69, 9.17) is 9.47 Å². The fourth-order valence-corrected chi connectivity index (χ4v) is 3.75. The molecule has 2 atom stereocenters. The summed E-state index contributed by atoms with van der Waals surface area (Å²) in [6.45, 7) is 0.700. The lowest BCUT2D eigenvalue weighted by Gasteiger charge is -2.40. The van der Waals surface area contributed by atoms with E-state index in [9.17, 15) is 9.90 Å². The third-order valence-corrected chi connectivity index (χ3v) is 4.92. The normalized spacial score (nSPS) is 18.9. The van der Waals surface area contributed by atoms with E-state index in [1.54, 1.807) is 26.6 Å². The van der Waals surface area contributed by atoms with E-state index < -0.39 is 12.0 Å². The number of carboxylic acids is 1. The number of hydrogen-bond acceptors (Lipinski definition) is 5. The molecule has 6 heteroatoms. The molecule has 138 valence electrons. The first-order valence-corrected chi connectivity index (χ1v) is 8.76. The highest BCUT2D eigenvalue weighted by atomic mass is 16.5. The Kier molecular flexibility index (Phi) is 5.73. The van der Waals surface area contributed by atoms with Gasteiger partial charge in [0.25, 0.3) is 0 Å². The molecule has 0 bridgehead atoms. The molecule has 0 saturated carbocycles. The number of aliphatic carboxylic acids is 1. The Hall–Kier alpha value is -2.60. The number of hydrogen-bond donors (Lipinski definition) is 1.